The Morgan fingerprint density at radius 3 is 2.44 bits per heavy atom. The Hall–Kier alpha value is -2.05. The van der Waals surface area contributed by atoms with E-state index in [4.69, 9.17) is 21.3 Å². The minimum Gasteiger partial charge on any atom is -0.458 e. The molecule has 0 radical (unpaired) electrons. The van der Waals surface area contributed by atoms with E-state index in [1.807, 2.05) is 6.07 Å². The van der Waals surface area contributed by atoms with Crippen LogP contribution >= 0.6 is 11.6 Å². The van der Waals surface area contributed by atoms with Gasteiger partial charge in [-0.25, -0.2) is 0 Å². The van der Waals surface area contributed by atoms with Crippen LogP contribution in [0, 0.1) is 18.3 Å². The second-order valence-corrected chi connectivity index (χ2v) is 4.32. The van der Waals surface area contributed by atoms with Crippen molar-refractivity contribution in [1.29, 1.82) is 5.26 Å². The lowest BCUT2D eigenvalue weighted by Gasteiger charge is -2.06. The van der Waals surface area contributed by atoms with Gasteiger partial charge in [0.05, 0.1) is 6.07 Å². The molecule has 0 aliphatic heterocycles. The number of hydrogen-bond acceptors (Lipinski definition) is 3. The molecule has 0 bridgehead atoms. The molecule has 1 unspecified atom stereocenters. The predicted molar refractivity (Wildman–Crippen MR) is 67.6 cm³/mol. The molecule has 18 heavy (non-hydrogen) atoms. The van der Waals surface area contributed by atoms with E-state index in [0.29, 0.717) is 16.3 Å². The highest BCUT2D eigenvalue weighted by atomic mass is 35.5. The van der Waals surface area contributed by atoms with Gasteiger partial charge in [0.15, 0.2) is 5.76 Å². The number of benzene rings is 1. The second-order valence-electron chi connectivity index (χ2n) is 3.89. The number of aryl methyl sites for hydroxylation is 1. The van der Waals surface area contributed by atoms with Gasteiger partial charge in [0.2, 0.25) is 5.78 Å². The Balaban J connectivity index is 2.32. The lowest BCUT2D eigenvalue weighted by molar-refractivity contribution is 0.0950. The molecular formula is C14H10ClNO2. The smallest absolute Gasteiger partial charge is 0.219 e. The first kappa shape index (κ1) is 12.4. The highest BCUT2D eigenvalue weighted by molar-refractivity contribution is 6.30. The maximum Gasteiger partial charge on any atom is 0.219 e. The summed E-state index contributed by atoms with van der Waals surface area (Å²) in [5, 5.41) is 9.71. The first-order valence-corrected chi connectivity index (χ1v) is 5.75. The van der Waals surface area contributed by atoms with Crippen LogP contribution in [0.25, 0.3) is 0 Å². The quantitative estimate of drug-likeness (QED) is 0.789. The van der Waals surface area contributed by atoms with Crippen molar-refractivity contribution in [3.63, 3.8) is 0 Å². The molecule has 0 fully saturated rings. The van der Waals surface area contributed by atoms with E-state index < -0.39 is 5.92 Å². The molecule has 0 amide bonds. The summed E-state index contributed by atoms with van der Waals surface area (Å²) in [7, 11) is 0. The summed E-state index contributed by atoms with van der Waals surface area (Å²) >= 11 is 5.77. The fraction of sp³-hybridized carbons (Fsp3) is 0.143. The van der Waals surface area contributed by atoms with Gasteiger partial charge in [0.25, 0.3) is 0 Å². The Labute approximate surface area is 110 Å². The van der Waals surface area contributed by atoms with Gasteiger partial charge in [-0.2, -0.15) is 5.26 Å². The highest BCUT2D eigenvalue weighted by Gasteiger charge is 2.24. The van der Waals surface area contributed by atoms with E-state index in [-0.39, 0.29) is 11.5 Å². The number of hydrogen-bond donors (Lipinski definition) is 0. The summed E-state index contributed by atoms with van der Waals surface area (Å²) < 4.78 is 5.25. The number of nitrogens with zero attached hydrogens (tertiary/aromatic N) is 1. The summed E-state index contributed by atoms with van der Waals surface area (Å²) in [4.78, 5) is 12.1. The van der Waals surface area contributed by atoms with E-state index in [9.17, 15) is 4.79 Å². The van der Waals surface area contributed by atoms with Gasteiger partial charge in [-0.3, -0.25) is 4.79 Å². The van der Waals surface area contributed by atoms with Gasteiger partial charge in [-0.1, -0.05) is 23.7 Å². The minimum atomic E-state index is -0.868. The number of furan rings is 1. The zero-order chi connectivity index (χ0) is 13.1. The first-order valence-electron chi connectivity index (χ1n) is 5.37. The van der Waals surface area contributed by atoms with Crippen molar-refractivity contribution in [2.24, 2.45) is 0 Å². The van der Waals surface area contributed by atoms with Gasteiger partial charge in [0, 0.05) is 5.02 Å². The normalized spacial score (nSPS) is 11.8. The molecule has 0 saturated heterocycles. The molecule has 1 heterocycles. The number of rotatable bonds is 3. The maximum absolute atomic E-state index is 12.1. The number of nitriles is 1. The molecule has 3 nitrogen and oxygen atoms in total. The number of ketones is 1. The van der Waals surface area contributed by atoms with Gasteiger partial charge < -0.3 is 4.42 Å². The molecule has 0 N–H and O–H groups in total. The zero-order valence-electron chi connectivity index (χ0n) is 9.68. The molecule has 4 heteroatoms. The summed E-state index contributed by atoms with van der Waals surface area (Å²) in [6.07, 6.45) is 0. The molecule has 0 spiro atoms. The summed E-state index contributed by atoms with van der Waals surface area (Å²) in [6, 6.07) is 11.9. The van der Waals surface area contributed by atoms with Crippen LogP contribution in [-0.4, -0.2) is 5.78 Å². The molecule has 1 aromatic heterocycles. The van der Waals surface area contributed by atoms with Crippen molar-refractivity contribution in [1.82, 2.24) is 0 Å². The molecule has 0 aliphatic rings. The first-order chi connectivity index (χ1) is 8.61. The van der Waals surface area contributed by atoms with Crippen molar-refractivity contribution in [2.45, 2.75) is 12.8 Å². The minimum absolute atomic E-state index is 0.203. The molecule has 0 saturated carbocycles. The number of carbonyl (C=O) groups excluding carboxylic acids is 1. The van der Waals surface area contributed by atoms with Crippen LogP contribution in [-0.2, 0) is 0 Å². The monoisotopic (exact) mass is 259 g/mol. The number of Topliss-reactive ketones (excluding diaryl/α,β-unsaturated/α-hetero) is 1. The van der Waals surface area contributed by atoms with Crippen molar-refractivity contribution < 1.29 is 9.21 Å². The lowest BCUT2D eigenvalue weighted by atomic mass is 9.95. The molecule has 1 aromatic carbocycles. The Bertz CT molecular complexity index is 607. The second kappa shape index (κ2) is 5.07. The van der Waals surface area contributed by atoms with Crippen LogP contribution in [0.5, 0.6) is 0 Å². The van der Waals surface area contributed by atoms with Crippen molar-refractivity contribution >= 4 is 17.4 Å². The summed E-state index contributed by atoms with van der Waals surface area (Å²) in [5.74, 6) is -0.360. The standard InChI is InChI=1S/C14H10ClNO2/c1-9-2-7-13(18-9)14(17)12(8-16)10-3-5-11(15)6-4-10/h2-7,12H,1H3. The van der Waals surface area contributed by atoms with Crippen molar-refractivity contribution in [3.8, 4) is 6.07 Å². The fourth-order valence-electron chi connectivity index (χ4n) is 1.65. The number of carbonyl (C=O) groups is 1. The maximum atomic E-state index is 12.1. The third kappa shape index (κ3) is 2.44. The Morgan fingerprint density at radius 1 is 1.28 bits per heavy atom. The SMILES string of the molecule is Cc1ccc(C(=O)C(C#N)c2ccc(Cl)cc2)o1. The summed E-state index contributed by atoms with van der Waals surface area (Å²) in [5.41, 5.74) is 0.612. The summed E-state index contributed by atoms with van der Waals surface area (Å²) in [6.45, 7) is 1.75. The third-order valence-electron chi connectivity index (χ3n) is 2.58. The van der Waals surface area contributed by atoms with E-state index in [2.05, 4.69) is 0 Å². The van der Waals surface area contributed by atoms with Crippen LogP contribution in [0.2, 0.25) is 5.02 Å². The molecule has 2 aromatic rings. The largest absolute Gasteiger partial charge is 0.458 e. The molecule has 0 aliphatic carbocycles. The Morgan fingerprint density at radius 2 is 1.94 bits per heavy atom. The van der Waals surface area contributed by atoms with Crippen LogP contribution < -0.4 is 0 Å². The van der Waals surface area contributed by atoms with Crippen LogP contribution in [0.15, 0.2) is 40.8 Å². The van der Waals surface area contributed by atoms with E-state index >= 15 is 0 Å². The van der Waals surface area contributed by atoms with Crippen LogP contribution in [0.3, 0.4) is 0 Å². The molecule has 1 atom stereocenters. The Kier molecular flexibility index (Phi) is 3.50. The lowest BCUT2D eigenvalue weighted by Crippen LogP contribution is -2.10. The van der Waals surface area contributed by atoms with Gasteiger partial charge in [0.1, 0.15) is 11.7 Å². The highest BCUT2D eigenvalue weighted by Crippen LogP contribution is 2.23. The van der Waals surface area contributed by atoms with Crippen LogP contribution in [0.4, 0.5) is 0 Å². The average Bonchev–Trinajstić information content (AvgIpc) is 2.79. The van der Waals surface area contributed by atoms with E-state index in [0.717, 1.165) is 0 Å². The van der Waals surface area contributed by atoms with E-state index in [1.54, 1.807) is 43.3 Å². The van der Waals surface area contributed by atoms with Crippen molar-refractivity contribution in [2.75, 3.05) is 0 Å². The topological polar surface area (TPSA) is 54.0 Å². The average molecular weight is 260 g/mol. The third-order valence-corrected chi connectivity index (χ3v) is 2.83. The zero-order valence-corrected chi connectivity index (χ0v) is 10.4. The fourth-order valence-corrected chi connectivity index (χ4v) is 1.77. The van der Waals surface area contributed by atoms with E-state index in [1.165, 1.54) is 0 Å². The van der Waals surface area contributed by atoms with Crippen molar-refractivity contribution in [3.05, 3.63) is 58.5 Å². The van der Waals surface area contributed by atoms with Gasteiger partial charge in [-0.15, -0.1) is 0 Å². The molecule has 90 valence electrons. The van der Waals surface area contributed by atoms with Gasteiger partial charge >= 0.3 is 0 Å². The predicted octanol–water partition coefficient (Wildman–Crippen LogP) is 3.73. The van der Waals surface area contributed by atoms with Gasteiger partial charge in [-0.05, 0) is 36.8 Å². The molecule has 2 rings (SSSR count). The molecular weight excluding hydrogens is 250 g/mol. The van der Waals surface area contributed by atoms with Crippen LogP contribution in [0.1, 0.15) is 27.8 Å². The number of halogens is 1.